The Hall–Kier alpha value is -1.10. The van der Waals surface area contributed by atoms with Gasteiger partial charge in [0.1, 0.15) is 0 Å². The maximum Gasteiger partial charge on any atom is 0.225 e. The Labute approximate surface area is 120 Å². The summed E-state index contributed by atoms with van der Waals surface area (Å²) in [4.78, 5) is 26.2. The van der Waals surface area contributed by atoms with E-state index in [-0.39, 0.29) is 36.3 Å². The zero-order chi connectivity index (χ0) is 14.7. The maximum atomic E-state index is 12.2. The van der Waals surface area contributed by atoms with Gasteiger partial charge in [-0.1, -0.05) is 19.8 Å². The van der Waals surface area contributed by atoms with Crippen molar-refractivity contribution in [2.45, 2.75) is 58.0 Å². The fourth-order valence-electron chi connectivity index (χ4n) is 3.12. The van der Waals surface area contributed by atoms with Crippen molar-refractivity contribution in [3.8, 4) is 0 Å². The van der Waals surface area contributed by atoms with Crippen LogP contribution in [0.3, 0.4) is 0 Å². The lowest BCUT2D eigenvalue weighted by molar-refractivity contribution is -0.130. The van der Waals surface area contributed by atoms with E-state index < -0.39 is 0 Å². The molecular weight excluding hydrogens is 256 g/mol. The molecule has 0 aromatic rings. The van der Waals surface area contributed by atoms with Gasteiger partial charge in [0.15, 0.2) is 0 Å². The second-order valence-corrected chi connectivity index (χ2v) is 6.34. The fourth-order valence-corrected chi connectivity index (χ4v) is 3.12. The van der Waals surface area contributed by atoms with E-state index in [1.165, 1.54) is 12.8 Å². The van der Waals surface area contributed by atoms with Crippen LogP contribution >= 0.6 is 0 Å². The molecule has 1 saturated carbocycles. The summed E-state index contributed by atoms with van der Waals surface area (Å²) in [5.41, 5.74) is 0. The highest BCUT2D eigenvalue weighted by Crippen LogP contribution is 2.29. The van der Waals surface area contributed by atoms with Gasteiger partial charge in [-0.2, -0.15) is 0 Å². The van der Waals surface area contributed by atoms with E-state index in [0.717, 1.165) is 12.8 Å². The van der Waals surface area contributed by atoms with Crippen molar-refractivity contribution < 1.29 is 14.7 Å². The van der Waals surface area contributed by atoms with E-state index in [0.29, 0.717) is 19.0 Å². The van der Waals surface area contributed by atoms with Crippen LogP contribution in [0.5, 0.6) is 0 Å². The second-order valence-electron chi connectivity index (χ2n) is 6.34. The number of amides is 2. The van der Waals surface area contributed by atoms with Crippen LogP contribution in [0, 0.1) is 11.8 Å². The minimum atomic E-state index is -0.226. The Kier molecular flexibility index (Phi) is 5.02. The normalized spacial score (nSPS) is 26.9. The molecule has 20 heavy (non-hydrogen) atoms. The van der Waals surface area contributed by atoms with Crippen molar-refractivity contribution in [3.05, 3.63) is 0 Å². The summed E-state index contributed by atoms with van der Waals surface area (Å²) >= 11 is 0. The quantitative estimate of drug-likeness (QED) is 0.787. The lowest BCUT2D eigenvalue weighted by Crippen LogP contribution is -2.42. The molecule has 0 aromatic carbocycles. The molecule has 1 aliphatic carbocycles. The molecule has 3 unspecified atom stereocenters. The lowest BCUT2D eigenvalue weighted by atomic mass is 10.0. The molecule has 0 spiro atoms. The smallest absolute Gasteiger partial charge is 0.225 e. The summed E-state index contributed by atoms with van der Waals surface area (Å²) in [7, 11) is 0. The second kappa shape index (κ2) is 6.57. The molecule has 2 rings (SSSR count). The Balaban J connectivity index is 1.87. The number of carbonyl (C=O) groups excluding carboxylic acids is 2. The third-order valence-electron chi connectivity index (χ3n) is 4.81. The van der Waals surface area contributed by atoms with Gasteiger partial charge < -0.3 is 15.3 Å². The number of nitrogens with zero attached hydrogens (tertiary/aromatic N) is 1. The van der Waals surface area contributed by atoms with Gasteiger partial charge in [-0.3, -0.25) is 9.59 Å². The van der Waals surface area contributed by atoms with Gasteiger partial charge in [0.25, 0.3) is 0 Å². The highest BCUT2D eigenvalue weighted by Gasteiger charge is 2.38. The highest BCUT2D eigenvalue weighted by atomic mass is 16.3. The first-order valence-corrected chi connectivity index (χ1v) is 7.73. The van der Waals surface area contributed by atoms with Gasteiger partial charge in [-0.05, 0) is 25.7 Å². The highest BCUT2D eigenvalue weighted by molar-refractivity contribution is 5.89. The van der Waals surface area contributed by atoms with Crippen molar-refractivity contribution in [1.29, 1.82) is 0 Å². The first-order chi connectivity index (χ1) is 9.52. The lowest BCUT2D eigenvalue weighted by Gasteiger charge is -2.24. The molecule has 2 N–H and O–H groups in total. The number of nitrogens with one attached hydrogen (secondary N) is 1. The monoisotopic (exact) mass is 282 g/mol. The minimum absolute atomic E-state index is 0.0296. The van der Waals surface area contributed by atoms with E-state index in [1.54, 1.807) is 0 Å². The van der Waals surface area contributed by atoms with Gasteiger partial charge in [0.05, 0.1) is 5.92 Å². The van der Waals surface area contributed by atoms with E-state index in [4.69, 9.17) is 5.11 Å². The number of aliphatic hydroxyl groups is 1. The third kappa shape index (κ3) is 3.32. The zero-order valence-electron chi connectivity index (χ0n) is 12.5. The summed E-state index contributed by atoms with van der Waals surface area (Å²) in [5, 5.41) is 12.0. The van der Waals surface area contributed by atoms with Crippen LogP contribution < -0.4 is 5.32 Å². The van der Waals surface area contributed by atoms with Gasteiger partial charge in [-0.25, -0.2) is 0 Å². The molecule has 5 nitrogen and oxygen atoms in total. The zero-order valence-corrected chi connectivity index (χ0v) is 12.5. The SMILES string of the molecule is CC(CO)C(C)NC(=O)C1CC(=O)N(C2CCCC2)C1. The van der Waals surface area contributed by atoms with Crippen molar-refractivity contribution in [1.82, 2.24) is 10.2 Å². The van der Waals surface area contributed by atoms with Crippen molar-refractivity contribution >= 4 is 11.8 Å². The predicted molar refractivity (Wildman–Crippen MR) is 75.9 cm³/mol. The molecule has 0 aromatic heterocycles. The summed E-state index contributed by atoms with van der Waals surface area (Å²) in [5.74, 6) is -0.120. The average Bonchev–Trinajstić information content (AvgIpc) is 3.06. The van der Waals surface area contributed by atoms with Crippen LogP contribution in [0.25, 0.3) is 0 Å². The summed E-state index contributed by atoms with van der Waals surface area (Å²) in [6, 6.07) is 0.289. The summed E-state index contributed by atoms with van der Waals surface area (Å²) in [6.45, 7) is 4.41. The van der Waals surface area contributed by atoms with E-state index in [2.05, 4.69) is 5.32 Å². The Morgan fingerprint density at radius 3 is 2.65 bits per heavy atom. The maximum absolute atomic E-state index is 12.2. The number of carbonyl (C=O) groups is 2. The molecule has 0 bridgehead atoms. The molecule has 0 radical (unpaired) electrons. The van der Waals surface area contributed by atoms with Gasteiger partial charge >= 0.3 is 0 Å². The van der Waals surface area contributed by atoms with Crippen molar-refractivity contribution in [3.63, 3.8) is 0 Å². The van der Waals surface area contributed by atoms with E-state index >= 15 is 0 Å². The number of hydrogen-bond acceptors (Lipinski definition) is 3. The van der Waals surface area contributed by atoms with Crippen LogP contribution in [0.1, 0.15) is 46.0 Å². The number of hydrogen-bond donors (Lipinski definition) is 2. The van der Waals surface area contributed by atoms with E-state index in [9.17, 15) is 9.59 Å². The molecular formula is C15H26N2O3. The molecule has 114 valence electrons. The number of rotatable bonds is 5. The topological polar surface area (TPSA) is 69.6 Å². The number of aliphatic hydroxyl groups excluding tert-OH is 1. The molecule has 2 amide bonds. The van der Waals surface area contributed by atoms with Crippen LogP contribution in [-0.2, 0) is 9.59 Å². The van der Waals surface area contributed by atoms with Crippen molar-refractivity contribution in [2.75, 3.05) is 13.2 Å². The van der Waals surface area contributed by atoms with Crippen LogP contribution in [-0.4, -0.2) is 47.1 Å². The Bertz CT molecular complexity index is 366. The van der Waals surface area contributed by atoms with Gasteiger partial charge in [-0.15, -0.1) is 0 Å². The van der Waals surface area contributed by atoms with Crippen LogP contribution in [0.15, 0.2) is 0 Å². The molecule has 1 aliphatic heterocycles. The third-order valence-corrected chi connectivity index (χ3v) is 4.81. The largest absolute Gasteiger partial charge is 0.396 e. The Morgan fingerprint density at radius 2 is 2.05 bits per heavy atom. The molecule has 1 saturated heterocycles. The van der Waals surface area contributed by atoms with Gasteiger partial charge in [0, 0.05) is 31.7 Å². The van der Waals surface area contributed by atoms with Crippen LogP contribution in [0.2, 0.25) is 0 Å². The van der Waals surface area contributed by atoms with Crippen LogP contribution in [0.4, 0.5) is 0 Å². The molecule has 2 fully saturated rings. The first kappa shape index (κ1) is 15.3. The fraction of sp³-hybridized carbons (Fsp3) is 0.867. The number of likely N-dealkylation sites (tertiary alicyclic amines) is 1. The summed E-state index contributed by atoms with van der Waals surface area (Å²) < 4.78 is 0. The molecule has 3 atom stereocenters. The molecule has 2 aliphatic rings. The standard InChI is InChI=1S/C15H26N2O3/c1-10(9-18)11(2)16-15(20)12-7-14(19)17(8-12)13-5-3-4-6-13/h10-13,18H,3-9H2,1-2H3,(H,16,20). The first-order valence-electron chi connectivity index (χ1n) is 7.73. The Morgan fingerprint density at radius 1 is 1.40 bits per heavy atom. The van der Waals surface area contributed by atoms with E-state index in [1.807, 2.05) is 18.7 Å². The van der Waals surface area contributed by atoms with Crippen molar-refractivity contribution in [2.24, 2.45) is 11.8 Å². The van der Waals surface area contributed by atoms with Gasteiger partial charge in [0.2, 0.25) is 11.8 Å². The molecule has 1 heterocycles. The summed E-state index contributed by atoms with van der Waals surface area (Å²) in [6.07, 6.45) is 4.88. The minimum Gasteiger partial charge on any atom is -0.396 e. The predicted octanol–water partition coefficient (Wildman–Crippen LogP) is 0.911. The molecule has 5 heteroatoms. The average molecular weight is 282 g/mol.